The minimum Gasteiger partial charge on any atom is -0.396 e. The van der Waals surface area contributed by atoms with Gasteiger partial charge in [0.1, 0.15) is 0 Å². The molecule has 1 saturated heterocycles. The molecule has 0 spiro atoms. The third-order valence-corrected chi connectivity index (χ3v) is 4.43. The Hall–Kier alpha value is -2.24. The Morgan fingerprint density at radius 3 is 2.67 bits per heavy atom. The smallest absolute Gasteiger partial charge is 0.224 e. The maximum absolute atomic E-state index is 12.3. The number of hydrogen-bond acceptors (Lipinski definition) is 4. The summed E-state index contributed by atoms with van der Waals surface area (Å²) in [5, 5.41) is 12.7. The summed E-state index contributed by atoms with van der Waals surface area (Å²) in [7, 11) is 0. The topological polar surface area (TPSA) is 65.5 Å². The van der Waals surface area contributed by atoms with Gasteiger partial charge >= 0.3 is 0 Å². The van der Waals surface area contributed by atoms with E-state index in [-0.39, 0.29) is 24.5 Å². The van der Waals surface area contributed by atoms with E-state index < -0.39 is 0 Å². The van der Waals surface area contributed by atoms with Gasteiger partial charge in [0.05, 0.1) is 6.42 Å². The van der Waals surface area contributed by atoms with E-state index >= 15 is 0 Å². The number of hydrogen-bond donors (Lipinski definition) is 2. The van der Waals surface area contributed by atoms with Crippen LogP contribution < -0.4 is 5.32 Å². The van der Waals surface area contributed by atoms with Crippen LogP contribution in [-0.2, 0) is 17.8 Å². The van der Waals surface area contributed by atoms with Crippen LogP contribution in [0.25, 0.3) is 0 Å². The number of aliphatic hydroxyl groups is 1. The summed E-state index contributed by atoms with van der Waals surface area (Å²) in [5.41, 5.74) is 2.14. The van der Waals surface area contributed by atoms with Crippen LogP contribution in [0.3, 0.4) is 0 Å². The van der Waals surface area contributed by atoms with Gasteiger partial charge in [0.2, 0.25) is 5.91 Å². The maximum Gasteiger partial charge on any atom is 0.224 e. The fourth-order valence-corrected chi connectivity index (χ4v) is 3.23. The number of likely N-dealkylation sites (tertiary alicyclic amines) is 1. The lowest BCUT2D eigenvalue weighted by molar-refractivity contribution is -0.121. The van der Waals surface area contributed by atoms with Crippen LogP contribution in [0.1, 0.15) is 11.1 Å². The third-order valence-electron chi connectivity index (χ3n) is 4.43. The Morgan fingerprint density at radius 2 is 1.96 bits per heavy atom. The molecule has 2 heterocycles. The molecule has 0 unspecified atom stereocenters. The molecule has 2 atom stereocenters. The minimum absolute atomic E-state index is 0.0112. The Morgan fingerprint density at radius 1 is 1.17 bits per heavy atom. The number of nitrogens with zero attached hydrogens (tertiary/aromatic N) is 2. The van der Waals surface area contributed by atoms with Crippen molar-refractivity contribution in [1.82, 2.24) is 15.2 Å². The van der Waals surface area contributed by atoms with Crippen molar-refractivity contribution in [3.05, 3.63) is 66.0 Å². The lowest BCUT2D eigenvalue weighted by atomic mass is 10.0. The standard InChI is InChI=1S/C19H23N3O2/c23-14-17-12-22(11-15-5-2-1-3-6-15)13-18(17)21-19(24)9-16-7-4-8-20-10-16/h1-8,10,17-18,23H,9,11-14H2,(H,21,24)/t17-,18+/m0/s1. The Labute approximate surface area is 142 Å². The second-order valence-corrected chi connectivity index (χ2v) is 6.33. The molecule has 3 rings (SSSR count). The molecule has 5 nitrogen and oxygen atoms in total. The highest BCUT2D eigenvalue weighted by molar-refractivity contribution is 5.78. The molecular formula is C19H23N3O2. The first kappa shape index (κ1) is 16.6. The molecule has 0 saturated carbocycles. The average molecular weight is 325 g/mol. The molecule has 1 fully saturated rings. The van der Waals surface area contributed by atoms with Crippen LogP contribution in [0.15, 0.2) is 54.9 Å². The van der Waals surface area contributed by atoms with E-state index in [0.717, 1.165) is 25.2 Å². The van der Waals surface area contributed by atoms with Crippen LogP contribution in [0, 0.1) is 5.92 Å². The lowest BCUT2D eigenvalue weighted by Gasteiger charge is -2.18. The van der Waals surface area contributed by atoms with Gasteiger partial charge in [-0.05, 0) is 17.2 Å². The van der Waals surface area contributed by atoms with E-state index in [4.69, 9.17) is 0 Å². The molecule has 1 aromatic heterocycles. The maximum atomic E-state index is 12.3. The van der Waals surface area contributed by atoms with E-state index in [2.05, 4.69) is 27.3 Å². The molecule has 0 bridgehead atoms. The molecule has 1 aliphatic rings. The van der Waals surface area contributed by atoms with Gasteiger partial charge in [-0.2, -0.15) is 0 Å². The molecule has 0 aliphatic carbocycles. The quantitative estimate of drug-likeness (QED) is 0.838. The first-order chi connectivity index (χ1) is 11.7. The molecule has 2 aromatic rings. The van der Waals surface area contributed by atoms with Crippen LogP contribution in [-0.4, -0.2) is 46.6 Å². The average Bonchev–Trinajstić information content (AvgIpc) is 2.98. The number of benzene rings is 1. The van der Waals surface area contributed by atoms with E-state index in [9.17, 15) is 9.90 Å². The van der Waals surface area contributed by atoms with Crippen molar-refractivity contribution in [3.63, 3.8) is 0 Å². The van der Waals surface area contributed by atoms with Crippen LogP contribution >= 0.6 is 0 Å². The molecule has 126 valence electrons. The Kier molecular flexibility index (Phi) is 5.56. The first-order valence-corrected chi connectivity index (χ1v) is 8.30. The zero-order valence-electron chi connectivity index (χ0n) is 13.6. The summed E-state index contributed by atoms with van der Waals surface area (Å²) in [6.45, 7) is 2.48. The van der Waals surface area contributed by atoms with E-state index in [1.54, 1.807) is 12.4 Å². The first-order valence-electron chi connectivity index (χ1n) is 8.30. The highest BCUT2D eigenvalue weighted by Gasteiger charge is 2.33. The van der Waals surface area contributed by atoms with Gasteiger partial charge in [-0.25, -0.2) is 0 Å². The second kappa shape index (κ2) is 8.04. The molecule has 24 heavy (non-hydrogen) atoms. The fraction of sp³-hybridized carbons (Fsp3) is 0.368. The van der Waals surface area contributed by atoms with Crippen LogP contribution in [0.2, 0.25) is 0 Å². The molecule has 1 aliphatic heterocycles. The van der Waals surface area contributed by atoms with Crippen molar-refractivity contribution in [2.75, 3.05) is 19.7 Å². The lowest BCUT2D eigenvalue weighted by Crippen LogP contribution is -2.42. The summed E-state index contributed by atoms with van der Waals surface area (Å²) < 4.78 is 0. The zero-order chi connectivity index (χ0) is 16.8. The molecule has 2 N–H and O–H groups in total. The zero-order valence-corrected chi connectivity index (χ0v) is 13.6. The van der Waals surface area contributed by atoms with Crippen molar-refractivity contribution < 1.29 is 9.90 Å². The van der Waals surface area contributed by atoms with Gasteiger partial charge in [-0.3, -0.25) is 14.7 Å². The van der Waals surface area contributed by atoms with Crippen molar-refractivity contribution in [2.45, 2.75) is 19.0 Å². The van der Waals surface area contributed by atoms with E-state index in [1.807, 2.05) is 30.3 Å². The number of aromatic nitrogens is 1. The monoisotopic (exact) mass is 325 g/mol. The fourth-order valence-electron chi connectivity index (χ4n) is 3.23. The number of pyridine rings is 1. The van der Waals surface area contributed by atoms with Crippen molar-refractivity contribution in [2.24, 2.45) is 5.92 Å². The SMILES string of the molecule is O=C(Cc1cccnc1)N[C@@H]1CN(Cc2ccccc2)C[C@H]1CO. The Bertz CT molecular complexity index is 648. The van der Waals surface area contributed by atoms with Gasteiger partial charge in [0, 0.05) is 50.6 Å². The van der Waals surface area contributed by atoms with Gasteiger partial charge in [-0.1, -0.05) is 36.4 Å². The van der Waals surface area contributed by atoms with Crippen LogP contribution in [0.4, 0.5) is 0 Å². The molecule has 5 heteroatoms. The van der Waals surface area contributed by atoms with Gasteiger partial charge in [0.15, 0.2) is 0 Å². The number of rotatable bonds is 6. The van der Waals surface area contributed by atoms with Crippen molar-refractivity contribution in [3.8, 4) is 0 Å². The largest absolute Gasteiger partial charge is 0.396 e. The summed E-state index contributed by atoms with van der Waals surface area (Å²) in [6, 6.07) is 14.0. The number of carbonyl (C=O) groups excluding carboxylic acids is 1. The summed E-state index contributed by atoms with van der Waals surface area (Å²) >= 11 is 0. The highest BCUT2D eigenvalue weighted by atomic mass is 16.3. The predicted molar refractivity (Wildman–Crippen MR) is 92.2 cm³/mol. The van der Waals surface area contributed by atoms with Gasteiger partial charge in [-0.15, -0.1) is 0 Å². The summed E-state index contributed by atoms with van der Waals surface area (Å²) in [6.07, 6.45) is 3.72. The van der Waals surface area contributed by atoms with E-state index in [0.29, 0.717) is 6.42 Å². The number of aliphatic hydroxyl groups excluding tert-OH is 1. The normalized spacial score (nSPS) is 20.9. The third kappa shape index (κ3) is 4.40. The molecule has 0 radical (unpaired) electrons. The summed E-state index contributed by atoms with van der Waals surface area (Å²) in [5.74, 6) is 0.0552. The molecular weight excluding hydrogens is 302 g/mol. The Balaban J connectivity index is 1.55. The number of amides is 1. The number of nitrogens with one attached hydrogen (secondary N) is 1. The predicted octanol–water partition coefficient (Wildman–Crippen LogP) is 1.23. The van der Waals surface area contributed by atoms with Crippen molar-refractivity contribution in [1.29, 1.82) is 0 Å². The minimum atomic E-state index is -0.0204. The molecule has 1 amide bonds. The highest BCUT2D eigenvalue weighted by Crippen LogP contribution is 2.19. The van der Waals surface area contributed by atoms with Gasteiger partial charge in [0.25, 0.3) is 0 Å². The van der Waals surface area contributed by atoms with Crippen molar-refractivity contribution >= 4 is 5.91 Å². The number of carbonyl (C=O) groups is 1. The second-order valence-electron chi connectivity index (χ2n) is 6.33. The van der Waals surface area contributed by atoms with Gasteiger partial charge < -0.3 is 10.4 Å². The molecule has 1 aromatic carbocycles. The summed E-state index contributed by atoms with van der Waals surface area (Å²) in [4.78, 5) is 18.6. The van der Waals surface area contributed by atoms with Crippen LogP contribution in [0.5, 0.6) is 0 Å². The van der Waals surface area contributed by atoms with E-state index in [1.165, 1.54) is 5.56 Å².